The summed E-state index contributed by atoms with van der Waals surface area (Å²) < 4.78 is 5.22. The first-order chi connectivity index (χ1) is 7.20. The van der Waals surface area contributed by atoms with Gasteiger partial charge in [0.2, 0.25) is 5.91 Å². The minimum Gasteiger partial charge on any atom is -0.465 e. The lowest BCUT2D eigenvalue weighted by molar-refractivity contribution is -0.149. The molecule has 1 saturated heterocycles. The van der Waals surface area contributed by atoms with E-state index in [1.165, 1.54) is 0 Å². The molecule has 1 rings (SSSR count). The normalized spacial score (nSPS) is 25.4. The zero-order valence-electron chi connectivity index (χ0n) is 10.6. The Morgan fingerprint density at radius 3 is 2.56 bits per heavy atom. The first kappa shape index (κ1) is 13.0. The van der Waals surface area contributed by atoms with Gasteiger partial charge in [-0.2, -0.15) is 0 Å². The van der Waals surface area contributed by atoms with E-state index in [4.69, 9.17) is 4.74 Å². The van der Waals surface area contributed by atoms with Crippen LogP contribution < -0.4 is 5.32 Å². The van der Waals surface area contributed by atoms with Crippen molar-refractivity contribution in [2.75, 3.05) is 13.2 Å². The van der Waals surface area contributed by atoms with E-state index in [0.29, 0.717) is 26.0 Å². The van der Waals surface area contributed by atoms with Gasteiger partial charge in [-0.05, 0) is 5.41 Å². The van der Waals surface area contributed by atoms with Crippen LogP contribution in [-0.4, -0.2) is 25.0 Å². The predicted molar refractivity (Wildman–Crippen MR) is 60.8 cm³/mol. The van der Waals surface area contributed by atoms with Gasteiger partial charge in [0.05, 0.1) is 13.0 Å². The topological polar surface area (TPSA) is 55.4 Å². The Kier molecular flexibility index (Phi) is 3.61. The number of hydrogen-bond acceptors (Lipinski definition) is 3. The van der Waals surface area contributed by atoms with Crippen LogP contribution in [0.3, 0.4) is 0 Å². The fraction of sp³-hybridized carbons (Fsp3) is 0.833. The molecule has 1 N–H and O–H groups in total. The molecule has 1 aliphatic heterocycles. The largest absolute Gasteiger partial charge is 0.465 e. The van der Waals surface area contributed by atoms with Crippen molar-refractivity contribution in [3.63, 3.8) is 0 Å². The molecule has 0 aromatic heterocycles. The smallest absolute Gasteiger partial charge is 0.306 e. The fourth-order valence-electron chi connectivity index (χ4n) is 1.67. The monoisotopic (exact) mass is 227 g/mol. The van der Waals surface area contributed by atoms with Crippen molar-refractivity contribution >= 4 is 11.9 Å². The lowest BCUT2D eigenvalue weighted by atomic mass is 9.90. The number of amides is 1. The Morgan fingerprint density at radius 1 is 1.50 bits per heavy atom. The maximum absolute atomic E-state index is 11.5. The molecule has 0 aliphatic carbocycles. The molecular weight excluding hydrogens is 206 g/mol. The molecule has 1 atom stereocenters. The molecule has 0 unspecified atom stereocenters. The van der Waals surface area contributed by atoms with E-state index in [9.17, 15) is 9.59 Å². The van der Waals surface area contributed by atoms with Crippen molar-refractivity contribution in [3.05, 3.63) is 0 Å². The van der Waals surface area contributed by atoms with Gasteiger partial charge in [0, 0.05) is 18.4 Å². The van der Waals surface area contributed by atoms with E-state index < -0.39 is 0 Å². The molecule has 1 amide bonds. The molecule has 0 saturated carbocycles. The van der Waals surface area contributed by atoms with Crippen molar-refractivity contribution in [2.24, 2.45) is 10.8 Å². The van der Waals surface area contributed by atoms with Crippen LogP contribution in [0.5, 0.6) is 0 Å². The quantitative estimate of drug-likeness (QED) is 0.743. The fourth-order valence-corrected chi connectivity index (χ4v) is 1.67. The molecule has 92 valence electrons. The van der Waals surface area contributed by atoms with E-state index in [0.717, 1.165) is 0 Å². The second-order valence-electron chi connectivity index (χ2n) is 6.16. The second-order valence-corrected chi connectivity index (χ2v) is 6.16. The highest BCUT2D eigenvalue weighted by Gasteiger charge is 2.35. The van der Waals surface area contributed by atoms with Gasteiger partial charge in [-0.3, -0.25) is 9.59 Å². The van der Waals surface area contributed by atoms with Gasteiger partial charge < -0.3 is 10.1 Å². The number of hydrogen-bond donors (Lipinski definition) is 1. The Morgan fingerprint density at radius 2 is 2.12 bits per heavy atom. The molecule has 4 heteroatoms. The van der Waals surface area contributed by atoms with Crippen LogP contribution in [0.2, 0.25) is 0 Å². The molecular formula is C12H21NO3. The van der Waals surface area contributed by atoms with Gasteiger partial charge in [0.15, 0.2) is 0 Å². The predicted octanol–water partition coefficient (Wildman–Crippen LogP) is 1.49. The molecule has 16 heavy (non-hydrogen) atoms. The molecule has 1 aliphatic rings. The zero-order valence-corrected chi connectivity index (χ0v) is 10.6. The van der Waals surface area contributed by atoms with Gasteiger partial charge in [-0.25, -0.2) is 0 Å². The van der Waals surface area contributed by atoms with Crippen molar-refractivity contribution < 1.29 is 14.3 Å². The van der Waals surface area contributed by atoms with Crippen LogP contribution in [0, 0.1) is 10.8 Å². The van der Waals surface area contributed by atoms with E-state index in [2.05, 4.69) is 5.32 Å². The molecule has 0 spiro atoms. The first-order valence-corrected chi connectivity index (χ1v) is 5.63. The lowest BCUT2D eigenvalue weighted by Gasteiger charge is -2.22. The van der Waals surface area contributed by atoms with Gasteiger partial charge in [0.1, 0.15) is 0 Å². The van der Waals surface area contributed by atoms with Gasteiger partial charge in [-0.1, -0.05) is 27.7 Å². The van der Waals surface area contributed by atoms with Crippen molar-refractivity contribution in [1.82, 2.24) is 5.32 Å². The molecule has 4 nitrogen and oxygen atoms in total. The molecule has 0 bridgehead atoms. The number of nitrogens with one attached hydrogen (secondary N) is 1. The molecule has 0 aromatic rings. The van der Waals surface area contributed by atoms with Crippen LogP contribution in [-0.2, 0) is 14.3 Å². The summed E-state index contributed by atoms with van der Waals surface area (Å²) in [5.41, 5.74) is -0.285. The Bertz CT molecular complexity index is 293. The highest BCUT2D eigenvalue weighted by molar-refractivity contribution is 5.79. The van der Waals surface area contributed by atoms with E-state index >= 15 is 0 Å². The summed E-state index contributed by atoms with van der Waals surface area (Å²) in [6, 6.07) is 0. The van der Waals surface area contributed by atoms with Gasteiger partial charge >= 0.3 is 5.97 Å². The number of carbonyl (C=O) groups is 2. The third-order valence-electron chi connectivity index (χ3n) is 2.56. The summed E-state index contributed by atoms with van der Waals surface area (Å²) in [5, 5.41) is 2.75. The summed E-state index contributed by atoms with van der Waals surface area (Å²) in [5.74, 6) is -0.151. The standard InChI is InChI=1S/C12H21NO3/c1-11(2,3)6-10(15)16-8-12(4)5-9(14)13-7-12/h5-8H2,1-4H3,(H,13,14)/t12-/m0/s1. The third-order valence-corrected chi connectivity index (χ3v) is 2.56. The Labute approximate surface area is 96.7 Å². The average Bonchev–Trinajstić information content (AvgIpc) is 2.41. The van der Waals surface area contributed by atoms with Crippen LogP contribution in [0.1, 0.15) is 40.5 Å². The number of carbonyl (C=O) groups excluding carboxylic acids is 2. The summed E-state index contributed by atoms with van der Waals surface area (Å²) in [7, 11) is 0. The second kappa shape index (κ2) is 4.44. The third kappa shape index (κ3) is 4.21. The van der Waals surface area contributed by atoms with Gasteiger partial charge in [-0.15, -0.1) is 0 Å². The summed E-state index contributed by atoms with van der Waals surface area (Å²) in [6.07, 6.45) is 0.847. The van der Waals surface area contributed by atoms with Crippen LogP contribution >= 0.6 is 0 Å². The minimum absolute atomic E-state index is 0.0365. The van der Waals surface area contributed by atoms with Gasteiger partial charge in [0.25, 0.3) is 0 Å². The summed E-state index contributed by atoms with van der Waals surface area (Å²) in [4.78, 5) is 22.6. The number of esters is 1. The molecule has 0 radical (unpaired) electrons. The van der Waals surface area contributed by atoms with Crippen LogP contribution in [0.15, 0.2) is 0 Å². The number of ether oxygens (including phenoxy) is 1. The molecule has 1 heterocycles. The Balaban J connectivity index is 2.35. The summed E-state index contributed by atoms with van der Waals surface area (Å²) >= 11 is 0. The lowest BCUT2D eigenvalue weighted by Crippen LogP contribution is -2.28. The van der Waals surface area contributed by atoms with Crippen LogP contribution in [0.25, 0.3) is 0 Å². The maximum atomic E-state index is 11.5. The molecule has 0 aromatic carbocycles. The van der Waals surface area contributed by atoms with Crippen molar-refractivity contribution in [1.29, 1.82) is 0 Å². The SMILES string of the molecule is CC(C)(C)CC(=O)OC[C@]1(C)CNC(=O)C1. The number of rotatable bonds is 3. The van der Waals surface area contributed by atoms with Crippen LogP contribution in [0.4, 0.5) is 0 Å². The van der Waals surface area contributed by atoms with E-state index in [-0.39, 0.29) is 22.7 Å². The summed E-state index contributed by atoms with van der Waals surface area (Å²) in [6.45, 7) is 8.86. The molecule has 1 fully saturated rings. The highest BCUT2D eigenvalue weighted by Crippen LogP contribution is 2.26. The minimum atomic E-state index is -0.232. The van der Waals surface area contributed by atoms with E-state index in [1.807, 2.05) is 27.7 Å². The van der Waals surface area contributed by atoms with Crippen molar-refractivity contribution in [3.8, 4) is 0 Å². The maximum Gasteiger partial charge on any atom is 0.306 e. The first-order valence-electron chi connectivity index (χ1n) is 5.63. The zero-order chi connectivity index (χ0) is 12.4. The van der Waals surface area contributed by atoms with Crippen molar-refractivity contribution in [2.45, 2.75) is 40.5 Å². The van der Waals surface area contributed by atoms with E-state index in [1.54, 1.807) is 0 Å². The highest BCUT2D eigenvalue weighted by atomic mass is 16.5. The Hall–Kier alpha value is -1.06. The average molecular weight is 227 g/mol.